The molecule has 0 amide bonds. The second kappa shape index (κ2) is 5.08. The van der Waals surface area contributed by atoms with E-state index in [0.717, 1.165) is 0 Å². The number of ketones is 1. The molecule has 0 atom stereocenters. The van der Waals surface area contributed by atoms with Crippen molar-refractivity contribution in [2.75, 3.05) is 0 Å². The Labute approximate surface area is 93.6 Å². The highest BCUT2D eigenvalue weighted by Crippen LogP contribution is 2.21. The molecule has 0 aliphatic carbocycles. The average molecular weight is 227 g/mol. The van der Waals surface area contributed by atoms with Crippen molar-refractivity contribution in [2.24, 2.45) is 0 Å². The molecule has 1 nitrogen and oxygen atoms in total. The first-order valence-electron chi connectivity index (χ1n) is 4.75. The summed E-state index contributed by atoms with van der Waals surface area (Å²) in [6.07, 6.45) is 2.34. The van der Waals surface area contributed by atoms with Crippen LogP contribution < -0.4 is 0 Å². The first-order chi connectivity index (χ1) is 7.10. The van der Waals surface area contributed by atoms with Crippen molar-refractivity contribution in [1.29, 1.82) is 0 Å². The highest BCUT2D eigenvalue weighted by atomic mass is 35.5. The molecule has 0 aliphatic rings. The Morgan fingerprint density at radius 3 is 2.73 bits per heavy atom. The second-order valence-electron chi connectivity index (χ2n) is 3.12. The summed E-state index contributed by atoms with van der Waals surface area (Å²) in [4.78, 5) is 11.9. The van der Waals surface area contributed by atoms with Crippen LogP contribution in [0.1, 0.15) is 30.6 Å². The third-order valence-electron chi connectivity index (χ3n) is 2.19. The molecule has 0 aliphatic heterocycles. The molecule has 0 heterocycles. The molecule has 0 saturated heterocycles. The molecule has 3 heteroatoms. The fourth-order valence-corrected chi connectivity index (χ4v) is 1.54. The van der Waals surface area contributed by atoms with E-state index in [-0.39, 0.29) is 16.4 Å². The van der Waals surface area contributed by atoms with Gasteiger partial charge in [0.15, 0.2) is 5.78 Å². The van der Waals surface area contributed by atoms with E-state index < -0.39 is 5.82 Å². The molecule has 1 rings (SSSR count). The molecule has 1 aromatic rings. The van der Waals surface area contributed by atoms with Gasteiger partial charge in [-0.2, -0.15) is 0 Å². The number of hydrogen-bond donors (Lipinski definition) is 0. The van der Waals surface area contributed by atoms with E-state index in [4.69, 9.17) is 11.6 Å². The monoisotopic (exact) mass is 226 g/mol. The van der Waals surface area contributed by atoms with E-state index in [0.29, 0.717) is 12.0 Å². The molecule has 0 fully saturated rings. The number of Topliss-reactive ketones (excluding diaryl/α,β-unsaturated/α-hetero) is 1. The van der Waals surface area contributed by atoms with Crippen molar-refractivity contribution >= 4 is 17.4 Å². The molecule has 0 saturated carbocycles. The summed E-state index contributed by atoms with van der Waals surface area (Å²) < 4.78 is 12.9. The SMILES string of the molecule is C/C=C(/CC)C(=O)c1cc(F)ccc1Cl. The molecule has 0 unspecified atom stereocenters. The standard InChI is InChI=1S/C12H12ClFO/c1-3-8(4-2)12(15)10-7-9(14)5-6-11(10)13/h3,5-7H,4H2,1-2H3/b8-3-. The molecule has 1 aromatic carbocycles. The molecule has 0 radical (unpaired) electrons. The van der Waals surface area contributed by atoms with Crippen LogP contribution in [-0.2, 0) is 0 Å². The predicted molar refractivity (Wildman–Crippen MR) is 59.8 cm³/mol. The van der Waals surface area contributed by atoms with Gasteiger partial charge in [0, 0.05) is 5.56 Å². The summed E-state index contributed by atoms with van der Waals surface area (Å²) in [5, 5.41) is 0.286. The Hall–Kier alpha value is -1.15. The summed E-state index contributed by atoms with van der Waals surface area (Å²) in [6, 6.07) is 3.80. The van der Waals surface area contributed by atoms with Gasteiger partial charge in [0.2, 0.25) is 0 Å². The lowest BCUT2D eigenvalue weighted by atomic mass is 10.0. The van der Waals surface area contributed by atoms with Crippen LogP contribution in [0.15, 0.2) is 29.8 Å². The largest absolute Gasteiger partial charge is 0.289 e. The summed E-state index contributed by atoms with van der Waals surface area (Å²) in [6.45, 7) is 3.66. The van der Waals surface area contributed by atoms with E-state index in [1.807, 2.05) is 6.92 Å². The van der Waals surface area contributed by atoms with Gasteiger partial charge in [-0.1, -0.05) is 24.6 Å². The van der Waals surface area contributed by atoms with Crippen molar-refractivity contribution in [2.45, 2.75) is 20.3 Å². The van der Waals surface area contributed by atoms with E-state index in [9.17, 15) is 9.18 Å². The smallest absolute Gasteiger partial charge is 0.190 e. The quantitative estimate of drug-likeness (QED) is 0.562. The second-order valence-corrected chi connectivity index (χ2v) is 3.53. The van der Waals surface area contributed by atoms with Crippen LogP contribution >= 0.6 is 11.6 Å². The summed E-state index contributed by atoms with van der Waals surface area (Å²) in [7, 11) is 0. The van der Waals surface area contributed by atoms with Crippen LogP contribution in [0.25, 0.3) is 0 Å². The minimum Gasteiger partial charge on any atom is -0.289 e. The Bertz CT molecular complexity index is 410. The molecule has 0 aromatic heterocycles. The van der Waals surface area contributed by atoms with Gasteiger partial charge in [-0.05, 0) is 37.1 Å². The van der Waals surface area contributed by atoms with E-state index in [1.54, 1.807) is 13.0 Å². The minimum atomic E-state index is -0.450. The maximum Gasteiger partial charge on any atom is 0.190 e. The highest BCUT2D eigenvalue weighted by molar-refractivity contribution is 6.34. The van der Waals surface area contributed by atoms with Gasteiger partial charge in [0.1, 0.15) is 5.82 Å². The van der Waals surface area contributed by atoms with Crippen molar-refractivity contribution in [3.63, 3.8) is 0 Å². The first-order valence-corrected chi connectivity index (χ1v) is 5.12. The lowest BCUT2D eigenvalue weighted by molar-refractivity contribution is 0.103. The Morgan fingerprint density at radius 2 is 2.20 bits per heavy atom. The summed E-state index contributed by atoms with van der Waals surface area (Å²) in [5.41, 5.74) is 0.870. The van der Waals surface area contributed by atoms with Crippen LogP contribution in [0.5, 0.6) is 0 Å². The first kappa shape index (κ1) is 11.9. The van der Waals surface area contributed by atoms with Gasteiger partial charge < -0.3 is 0 Å². The van der Waals surface area contributed by atoms with Gasteiger partial charge >= 0.3 is 0 Å². The van der Waals surface area contributed by atoms with E-state index in [1.165, 1.54) is 18.2 Å². The van der Waals surface area contributed by atoms with Gasteiger partial charge in [-0.25, -0.2) is 4.39 Å². The summed E-state index contributed by atoms with van der Waals surface area (Å²) in [5.74, 6) is -0.654. The Balaban J connectivity index is 3.16. The Morgan fingerprint density at radius 1 is 1.53 bits per heavy atom. The number of rotatable bonds is 3. The molecular formula is C12H12ClFO. The number of allylic oxidation sites excluding steroid dienone is 2. The topological polar surface area (TPSA) is 17.1 Å². The third-order valence-corrected chi connectivity index (χ3v) is 2.52. The zero-order valence-electron chi connectivity index (χ0n) is 8.68. The van der Waals surface area contributed by atoms with Crippen LogP contribution in [0.2, 0.25) is 5.02 Å². The highest BCUT2D eigenvalue weighted by Gasteiger charge is 2.14. The number of benzene rings is 1. The molecule has 0 N–H and O–H groups in total. The lowest BCUT2D eigenvalue weighted by Crippen LogP contribution is -2.04. The number of halogens is 2. The molecule has 0 bridgehead atoms. The van der Waals surface area contributed by atoms with Crippen LogP contribution in [-0.4, -0.2) is 5.78 Å². The molecular weight excluding hydrogens is 215 g/mol. The average Bonchev–Trinajstić information content (AvgIpc) is 2.23. The van der Waals surface area contributed by atoms with Gasteiger partial charge in [0.25, 0.3) is 0 Å². The van der Waals surface area contributed by atoms with E-state index in [2.05, 4.69) is 0 Å². The normalized spacial score (nSPS) is 11.6. The summed E-state index contributed by atoms with van der Waals surface area (Å²) >= 11 is 5.83. The van der Waals surface area contributed by atoms with Crippen LogP contribution in [0.4, 0.5) is 4.39 Å². The van der Waals surface area contributed by atoms with Crippen LogP contribution in [0.3, 0.4) is 0 Å². The van der Waals surface area contributed by atoms with Crippen molar-refractivity contribution < 1.29 is 9.18 Å². The van der Waals surface area contributed by atoms with E-state index >= 15 is 0 Å². The predicted octanol–water partition coefficient (Wildman–Crippen LogP) is 4.02. The Kier molecular flexibility index (Phi) is 4.04. The molecule has 15 heavy (non-hydrogen) atoms. The molecule has 0 spiro atoms. The minimum absolute atomic E-state index is 0.204. The fourth-order valence-electron chi connectivity index (χ4n) is 1.34. The fraction of sp³-hybridized carbons (Fsp3) is 0.250. The third kappa shape index (κ3) is 2.66. The van der Waals surface area contributed by atoms with Gasteiger partial charge in [-0.15, -0.1) is 0 Å². The number of carbonyl (C=O) groups excluding carboxylic acids is 1. The van der Waals surface area contributed by atoms with Crippen molar-refractivity contribution in [3.8, 4) is 0 Å². The number of hydrogen-bond acceptors (Lipinski definition) is 1. The molecule has 80 valence electrons. The zero-order chi connectivity index (χ0) is 11.4. The maximum atomic E-state index is 12.9. The maximum absolute atomic E-state index is 12.9. The van der Waals surface area contributed by atoms with Gasteiger partial charge in [0.05, 0.1) is 5.02 Å². The lowest BCUT2D eigenvalue weighted by Gasteiger charge is -2.05. The zero-order valence-corrected chi connectivity index (χ0v) is 9.44. The van der Waals surface area contributed by atoms with Crippen molar-refractivity contribution in [3.05, 3.63) is 46.3 Å². The van der Waals surface area contributed by atoms with Gasteiger partial charge in [-0.3, -0.25) is 4.79 Å². The van der Waals surface area contributed by atoms with Crippen LogP contribution in [0, 0.1) is 5.82 Å². The number of carbonyl (C=O) groups is 1. The van der Waals surface area contributed by atoms with Crippen molar-refractivity contribution in [1.82, 2.24) is 0 Å².